The average Bonchev–Trinajstić information content (AvgIpc) is 2.18. The van der Waals surface area contributed by atoms with E-state index in [1.165, 1.54) is 0 Å². The quantitative estimate of drug-likeness (QED) is 0.431. The number of halogens is 1. The first-order chi connectivity index (χ1) is 6.24. The molecule has 2 N–H and O–H groups in total. The summed E-state index contributed by atoms with van der Waals surface area (Å²) in [5.74, 6) is -0.643. The molecule has 0 bridgehead atoms. The van der Waals surface area contributed by atoms with Crippen molar-refractivity contribution in [2.24, 2.45) is 5.16 Å². The molecule has 1 aromatic carbocycles. The first kappa shape index (κ1) is 9.54. The van der Waals surface area contributed by atoms with Gasteiger partial charge in [0.15, 0.2) is 0 Å². The van der Waals surface area contributed by atoms with E-state index >= 15 is 0 Å². The van der Waals surface area contributed by atoms with E-state index < -0.39 is 11.1 Å². The predicted molar refractivity (Wildman–Crippen MR) is 50.1 cm³/mol. The maximum atomic E-state index is 11.0. The molecule has 0 saturated carbocycles. The largest absolute Gasteiger partial charge is 0.409 e. The number of rotatable bonds is 2. The van der Waals surface area contributed by atoms with Gasteiger partial charge in [-0.05, 0) is 12.1 Å². The van der Waals surface area contributed by atoms with Crippen LogP contribution in [0.25, 0.3) is 0 Å². The number of oxime groups is 1. The molecule has 0 fully saturated rings. The van der Waals surface area contributed by atoms with Crippen molar-refractivity contribution < 1.29 is 10.0 Å². The van der Waals surface area contributed by atoms with Gasteiger partial charge in [-0.3, -0.25) is 4.79 Å². The summed E-state index contributed by atoms with van der Waals surface area (Å²) in [5, 5.41) is 12.7. The minimum Gasteiger partial charge on any atom is -0.409 e. The number of anilines is 1. The van der Waals surface area contributed by atoms with Crippen LogP contribution in [-0.2, 0) is 4.79 Å². The van der Waals surface area contributed by atoms with Crippen LogP contribution < -0.4 is 5.32 Å². The third-order valence-corrected chi connectivity index (χ3v) is 1.55. The average molecular weight is 199 g/mol. The Hall–Kier alpha value is -1.55. The molecule has 4 nitrogen and oxygen atoms in total. The third kappa shape index (κ3) is 2.76. The first-order valence-corrected chi connectivity index (χ1v) is 3.86. The fourth-order valence-electron chi connectivity index (χ4n) is 0.750. The lowest BCUT2D eigenvalue weighted by molar-refractivity contribution is -0.110. The third-order valence-electron chi connectivity index (χ3n) is 1.31. The lowest BCUT2D eigenvalue weighted by atomic mass is 10.3. The second-order valence-electron chi connectivity index (χ2n) is 2.21. The number of nitrogens with one attached hydrogen (secondary N) is 1. The van der Waals surface area contributed by atoms with Crippen LogP contribution in [0.3, 0.4) is 0 Å². The summed E-state index contributed by atoms with van der Waals surface area (Å²) < 4.78 is 0. The highest BCUT2D eigenvalue weighted by Crippen LogP contribution is 2.05. The summed E-state index contributed by atoms with van der Waals surface area (Å²) in [6.07, 6.45) is 0. The van der Waals surface area contributed by atoms with Gasteiger partial charge >= 0.3 is 0 Å². The van der Waals surface area contributed by atoms with Crippen LogP contribution >= 0.6 is 11.6 Å². The first-order valence-electron chi connectivity index (χ1n) is 3.48. The summed E-state index contributed by atoms with van der Waals surface area (Å²) in [6.45, 7) is 0. The Morgan fingerprint density at radius 3 is 2.54 bits per heavy atom. The summed E-state index contributed by atoms with van der Waals surface area (Å²) >= 11 is 5.25. The Labute approximate surface area is 79.8 Å². The summed E-state index contributed by atoms with van der Waals surface area (Å²) in [4.78, 5) is 11.0. The molecule has 0 radical (unpaired) electrons. The van der Waals surface area contributed by atoms with E-state index in [9.17, 15) is 4.79 Å². The molecule has 0 aliphatic heterocycles. The SMILES string of the molecule is O=C(Nc1ccccc1)C(Cl)=NO. The van der Waals surface area contributed by atoms with Crippen molar-refractivity contribution in [3.63, 3.8) is 0 Å². The van der Waals surface area contributed by atoms with Crippen LogP contribution in [0.1, 0.15) is 0 Å². The Morgan fingerprint density at radius 2 is 2.00 bits per heavy atom. The van der Waals surface area contributed by atoms with Gasteiger partial charge in [-0.2, -0.15) is 0 Å². The molecule has 0 aliphatic rings. The predicted octanol–water partition coefficient (Wildman–Crippen LogP) is 1.65. The number of carbonyl (C=O) groups is 1. The number of amides is 1. The number of para-hydroxylation sites is 1. The van der Waals surface area contributed by atoms with Gasteiger partial charge in [-0.15, -0.1) is 0 Å². The fourth-order valence-corrected chi connectivity index (χ4v) is 0.797. The van der Waals surface area contributed by atoms with Gasteiger partial charge in [0.25, 0.3) is 5.91 Å². The number of benzene rings is 1. The molecule has 0 unspecified atom stereocenters. The minimum absolute atomic E-state index is 0.496. The van der Waals surface area contributed by atoms with Crippen molar-refractivity contribution in [1.29, 1.82) is 0 Å². The Bertz CT molecular complexity index is 324. The summed E-state index contributed by atoms with van der Waals surface area (Å²) in [7, 11) is 0. The van der Waals surface area contributed by atoms with Gasteiger partial charge in [-0.25, -0.2) is 0 Å². The Morgan fingerprint density at radius 1 is 1.38 bits per heavy atom. The lowest BCUT2D eigenvalue weighted by Crippen LogP contribution is -2.18. The molecule has 0 saturated heterocycles. The standard InChI is InChI=1S/C8H7ClN2O2/c9-7(11-13)8(12)10-6-4-2-1-3-5-6/h1-5,13H,(H,10,12). The van der Waals surface area contributed by atoms with Crippen molar-refractivity contribution in [2.75, 3.05) is 5.32 Å². The van der Waals surface area contributed by atoms with E-state index in [-0.39, 0.29) is 0 Å². The van der Waals surface area contributed by atoms with Crippen LogP contribution in [0, 0.1) is 0 Å². The Kier molecular flexibility index (Phi) is 3.28. The highest BCUT2D eigenvalue weighted by atomic mass is 35.5. The molecule has 0 spiro atoms. The summed E-state index contributed by atoms with van der Waals surface area (Å²) in [6, 6.07) is 8.73. The monoisotopic (exact) mass is 198 g/mol. The van der Waals surface area contributed by atoms with Gasteiger partial charge in [0.1, 0.15) is 0 Å². The summed E-state index contributed by atoms with van der Waals surface area (Å²) in [5.41, 5.74) is 0.592. The molecule has 0 heterocycles. The second kappa shape index (κ2) is 4.47. The van der Waals surface area contributed by atoms with E-state index in [1.54, 1.807) is 24.3 Å². The number of carbonyl (C=O) groups excluding carboxylic acids is 1. The smallest absolute Gasteiger partial charge is 0.289 e. The van der Waals surface area contributed by atoms with Crippen LogP contribution in [-0.4, -0.2) is 16.3 Å². The van der Waals surface area contributed by atoms with Crippen molar-refractivity contribution in [2.45, 2.75) is 0 Å². The Balaban J connectivity index is 2.66. The molecule has 0 aromatic heterocycles. The number of nitrogens with zero attached hydrogens (tertiary/aromatic N) is 1. The van der Waals surface area contributed by atoms with Crippen molar-refractivity contribution in [3.05, 3.63) is 30.3 Å². The maximum Gasteiger partial charge on any atom is 0.289 e. The van der Waals surface area contributed by atoms with Crippen LogP contribution in [0.5, 0.6) is 0 Å². The van der Waals surface area contributed by atoms with Crippen LogP contribution in [0.4, 0.5) is 5.69 Å². The molecule has 0 aliphatic carbocycles. The van der Waals surface area contributed by atoms with E-state index in [0.29, 0.717) is 5.69 Å². The van der Waals surface area contributed by atoms with E-state index in [1.807, 2.05) is 6.07 Å². The van der Waals surface area contributed by atoms with Gasteiger partial charge in [0, 0.05) is 5.69 Å². The van der Waals surface area contributed by atoms with E-state index in [0.717, 1.165) is 0 Å². The second-order valence-corrected chi connectivity index (χ2v) is 2.57. The molecule has 1 rings (SSSR count). The zero-order valence-electron chi connectivity index (χ0n) is 6.57. The number of hydrogen-bond donors (Lipinski definition) is 2. The zero-order chi connectivity index (χ0) is 9.68. The molecule has 1 amide bonds. The lowest BCUT2D eigenvalue weighted by Gasteiger charge is -2.00. The highest BCUT2D eigenvalue weighted by Gasteiger charge is 2.07. The van der Waals surface area contributed by atoms with Gasteiger partial charge < -0.3 is 10.5 Å². The molecule has 5 heteroatoms. The zero-order valence-corrected chi connectivity index (χ0v) is 7.32. The molecular weight excluding hydrogens is 192 g/mol. The highest BCUT2D eigenvalue weighted by molar-refractivity contribution is 6.83. The van der Waals surface area contributed by atoms with Gasteiger partial charge in [0.2, 0.25) is 5.17 Å². The van der Waals surface area contributed by atoms with Gasteiger partial charge in [-0.1, -0.05) is 35.0 Å². The van der Waals surface area contributed by atoms with Crippen molar-refractivity contribution >= 4 is 28.4 Å². The van der Waals surface area contributed by atoms with E-state index in [2.05, 4.69) is 10.5 Å². The van der Waals surface area contributed by atoms with Crippen LogP contribution in [0.15, 0.2) is 35.5 Å². The normalized spacial score (nSPS) is 11.0. The maximum absolute atomic E-state index is 11.0. The van der Waals surface area contributed by atoms with Gasteiger partial charge in [0.05, 0.1) is 0 Å². The molecular formula is C8H7ClN2O2. The molecule has 1 aromatic rings. The van der Waals surface area contributed by atoms with E-state index in [4.69, 9.17) is 16.8 Å². The van der Waals surface area contributed by atoms with Crippen molar-refractivity contribution in [1.82, 2.24) is 0 Å². The molecule has 13 heavy (non-hydrogen) atoms. The molecule has 0 atom stereocenters. The fraction of sp³-hybridized carbons (Fsp3) is 0. The van der Waals surface area contributed by atoms with Crippen molar-refractivity contribution in [3.8, 4) is 0 Å². The van der Waals surface area contributed by atoms with Crippen LogP contribution in [0.2, 0.25) is 0 Å². The molecule has 68 valence electrons. The topological polar surface area (TPSA) is 61.7 Å². The number of hydrogen-bond acceptors (Lipinski definition) is 3. The minimum atomic E-state index is -0.643.